The molecule has 7 N–H and O–H groups in total. The highest BCUT2D eigenvalue weighted by Crippen LogP contribution is 2.40. The van der Waals surface area contributed by atoms with Gasteiger partial charge in [0.05, 0.1) is 73.0 Å². The highest BCUT2D eigenvalue weighted by atomic mass is 32.1. The Bertz CT molecular complexity index is 4820. The monoisotopic (exact) mass is 1430 g/mol. The van der Waals surface area contributed by atoms with Crippen LogP contribution in [-0.2, 0) is 38.8 Å². The molecule has 4 aliphatic rings. The highest BCUT2D eigenvalue weighted by molar-refractivity contribution is 7.81. The van der Waals surface area contributed by atoms with E-state index in [-0.39, 0.29) is 61.4 Å². The molecule has 8 aromatic carbocycles. The van der Waals surface area contributed by atoms with E-state index in [0.29, 0.717) is 67.5 Å². The topological polar surface area (TPSA) is 291 Å². The molecule has 26 heteroatoms. The molecule has 4 aliphatic heterocycles. The molecule has 23 nitrogen and oxygen atoms in total. The lowest BCUT2D eigenvalue weighted by Gasteiger charge is -2.29. The maximum atomic E-state index is 13.4. The lowest BCUT2D eigenvalue weighted by Crippen LogP contribution is -2.44. The van der Waals surface area contributed by atoms with E-state index in [0.717, 1.165) is 56.1 Å². The number of nitrogens with zero attached hydrogens (tertiary/aromatic N) is 10. The van der Waals surface area contributed by atoms with Crippen molar-refractivity contribution in [2.75, 3.05) is 32.0 Å². The van der Waals surface area contributed by atoms with Crippen LogP contribution in [0.2, 0.25) is 0 Å². The van der Waals surface area contributed by atoms with Crippen LogP contribution in [0.3, 0.4) is 0 Å². The first-order valence-corrected chi connectivity index (χ1v) is 32.7. The second-order valence-electron chi connectivity index (χ2n) is 25.0. The lowest BCUT2D eigenvalue weighted by molar-refractivity contribution is -0.144. The Kier molecular flexibility index (Phi) is 24.9. The van der Waals surface area contributed by atoms with Gasteiger partial charge in [-0.3, -0.25) is 48.4 Å². The third kappa shape index (κ3) is 16.2. The predicted octanol–water partition coefficient (Wildman–Crippen LogP) is 15.3. The number of hydrogen-bond acceptors (Lipinski definition) is 16. The van der Waals surface area contributed by atoms with Crippen LogP contribution < -0.4 is 30.7 Å². The van der Waals surface area contributed by atoms with Crippen LogP contribution in [-0.4, -0.2) is 95.8 Å². The average molecular weight is 1440 g/mol. The van der Waals surface area contributed by atoms with Gasteiger partial charge >= 0.3 is 5.97 Å². The molecule has 2 saturated heterocycles. The first kappa shape index (κ1) is 78.2. The fraction of sp³-hybridized carbons (Fsp3) is 0.208. The van der Waals surface area contributed by atoms with Crippen LogP contribution in [0.25, 0.3) is 14.5 Å². The third-order valence-electron chi connectivity index (χ3n) is 17.1. The molecular weight excluding hydrogens is 1360 g/mol. The van der Waals surface area contributed by atoms with Gasteiger partial charge in [0.15, 0.2) is 27.3 Å². The van der Waals surface area contributed by atoms with E-state index in [9.17, 15) is 33.6 Å². The van der Waals surface area contributed by atoms with Crippen LogP contribution in [0.5, 0.6) is 0 Å². The average Bonchev–Trinajstić information content (AvgIpc) is 1.59. The van der Waals surface area contributed by atoms with Crippen molar-refractivity contribution >= 4 is 145 Å². The van der Waals surface area contributed by atoms with Crippen molar-refractivity contribution in [3.05, 3.63) is 266 Å². The summed E-state index contributed by atoms with van der Waals surface area (Å²) in [6, 6.07) is 51.8. The Hall–Kier alpha value is -12.2. The first-order chi connectivity index (χ1) is 48.6. The molecule has 0 spiro atoms. The molecule has 6 amide bonds. The molecule has 0 radical (unpaired) electrons. The van der Waals surface area contributed by atoms with Crippen molar-refractivity contribution in [3.8, 4) is 0 Å². The minimum absolute atomic E-state index is 0. The van der Waals surface area contributed by atoms with Crippen molar-refractivity contribution in [1.29, 1.82) is 11.1 Å². The SMILES string of the molecule is COC(=O)C(C)(C)Nc1ccc(CN2C(=O)c3ccccc3C2=O)cc1.N=N.O.[C-]#[N+]c1ccc(N2C(=O)C(C)(C)N(c3ccc(CN)cc3)C2=S)cc1C.[C-]#[N+]c1ccc(N2C(=O)C(C)(C)N(c3ccc(CN4C(=O)c5ccccc5C4=O)cc3)C2=S)cc1C.[C-]#[N+]c1ccc(N=C=S)cc1C.[HH]. The van der Waals surface area contributed by atoms with Gasteiger partial charge in [0.25, 0.3) is 35.4 Å². The Morgan fingerprint density at radius 1 is 0.553 bits per heavy atom. The molecule has 4 heterocycles. The number of ether oxygens (including phenoxy) is 1. The molecule has 12 rings (SSSR count). The summed E-state index contributed by atoms with van der Waals surface area (Å²) in [5, 5.41) is 6.15. The number of nitrogens with one attached hydrogen (secondary N) is 3. The number of amides is 6. The summed E-state index contributed by atoms with van der Waals surface area (Å²) in [7, 11) is 1.34. The van der Waals surface area contributed by atoms with Crippen LogP contribution >= 0.6 is 36.7 Å². The standard InChI is InChI=1S/C28H22N4O3S.C20H20N4OS.C20H20N2O4.C9H6N2S.H2N2.H2O.H2/c1-17-15-20(13-14-23(17)29-4)31-26(35)28(2,3)32(27(31)36)19-11-9-18(10-12-19)16-30-24(33)21-7-5-6-8-22(21)25(30)34;1-13-11-16(9-10-17(13)22-4)23-18(25)20(2,3)24(19(23)26)15-7-5-14(12-21)6-8-15;1-20(2,19(25)26-3)21-14-10-8-13(9-11-14)12-22-17(23)15-6-4-5-7-16(15)18(22)24;1-7-5-8(11-6-12)3-4-9(7)10-2;1-2;;/h5-15H,16H2,1-3H3;5-11H,12,21H2,1-3H3;4-11,21H,12H2,1-3H3;3-5H,1H3;1-2H;1H2;1H. The van der Waals surface area contributed by atoms with Gasteiger partial charge in [0.1, 0.15) is 16.6 Å². The number of nitrogens with two attached hydrogens (primary N) is 1. The van der Waals surface area contributed by atoms with E-state index in [2.05, 4.69) is 42.2 Å². The highest BCUT2D eigenvalue weighted by Gasteiger charge is 2.52. The summed E-state index contributed by atoms with van der Waals surface area (Å²) in [6.45, 7) is 38.4. The number of carbonyl (C=O) groups excluding carboxylic acids is 7. The summed E-state index contributed by atoms with van der Waals surface area (Å²) >= 11 is 15.9. The predicted molar refractivity (Wildman–Crippen MR) is 410 cm³/mol. The molecule has 524 valence electrons. The van der Waals surface area contributed by atoms with Gasteiger partial charge in [-0.1, -0.05) is 78.9 Å². The molecule has 0 unspecified atom stereocenters. The molecule has 0 saturated carbocycles. The zero-order valence-corrected chi connectivity index (χ0v) is 60.4. The molecule has 0 atom stereocenters. The van der Waals surface area contributed by atoms with E-state index < -0.39 is 16.6 Å². The summed E-state index contributed by atoms with van der Waals surface area (Å²) in [5.41, 5.74) is 26.0. The lowest BCUT2D eigenvalue weighted by atomic mass is 10.0. The summed E-state index contributed by atoms with van der Waals surface area (Å²) in [4.78, 5) is 112. The quantitative estimate of drug-likeness (QED) is 0.0208. The number of esters is 1. The normalized spacial score (nSPS) is 14.3. The van der Waals surface area contributed by atoms with Crippen LogP contribution in [0.1, 0.15) is 118 Å². The van der Waals surface area contributed by atoms with Gasteiger partial charge in [-0.25, -0.2) is 30.4 Å². The Balaban J connectivity index is 0.000000225. The number of hydrogen-bond donors (Lipinski definition) is 4. The fourth-order valence-electron chi connectivity index (χ4n) is 11.6. The minimum Gasteiger partial charge on any atom is -0.467 e. The number of thiocarbonyl (C=S) groups is 3. The molecule has 2 fully saturated rings. The number of anilines is 5. The first-order valence-electron chi connectivity index (χ1n) is 31.5. The second kappa shape index (κ2) is 32.9. The Morgan fingerprint density at radius 2 is 0.883 bits per heavy atom. The second-order valence-corrected chi connectivity index (χ2v) is 26.0. The smallest absolute Gasteiger partial charge is 0.330 e. The van der Waals surface area contributed by atoms with Gasteiger partial charge in [-0.15, -0.1) is 0 Å². The fourth-order valence-corrected chi connectivity index (χ4v) is 12.8. The number of rotatable bonds is 13. The van der Waals surface area contributed by atoms with Crippen LogP contribution in [0, 0.1) is 51.5 Å². The van der Waals surface area contributed by atoms with Crippen LogP contribution in [0.4, 0.5) is 51.2 Å². The maximum absolute atomic E-state index is 13.4. The zero-order valence-electron chi connectivity index (χ0n) is 57.9. The number of imide groups is 2. The van der Waals surface area contributed by atoms with Crippen molar-refractivity contribution in [2.24, 2.45) is 10.7 Å². The van der Waals surface area contributed by atoms with Crippen molar-refractivity contribution in [1.82, 2.24) is 9.80 Å². The molecule has 0 aromatic heterocycles. The minimum atomic E-state index is -0.937. The largest absolute Gasteiger partial charge is 0.467 e. The molecule has 0 aliphatic carbocycles. The molecule has 8 aromatic rings. The number of isothiocyanates is 1. The van der Waals surface area contributed by atoms with Crippen LogP contribution in [0.15, 0.2) is 181 Å². The van der Waals surface area contributed by atoms with Gasteiger partial charge in [-0.2, -0.15) is 4.99 Å². The summed E-state index contributed by atoms with van der Waals surface area (Å²) in [5.74, 6) is -1.80. The number of methoxy groups -OCH3 is 1. The van der Waals surface area contributed by atoms with Gasteiger partial charge in [0.2, 0.25) is 0 Å². The number of fused-ring (bicyclic) bond motifs is 2. The van der Waals surface area contributed by atoms with Gasteiger partial charge in [0, 0.05) is 36.4 Å². The number of aryl methyl sites for hydroxylation is 3. The van der Waals surface area contributed by atoms with E-state index in [1.807, 2.05) is 126 Å². The Labute approximate surface area is 614 Å². The number of benzene rings is 8. The summed E-state index contributed by atoms with van der Waals surface area (Å²) in [6.07, 6.45) is 0. The third-order valence-corrected chi connectivity index (χ3v) is 17.9. The van der Waals surface area contributed by atoms with Crippen molar-refractivity contribution in [2.45, 2.75) is 98.6 Å². The molecule has 0 bridgehead atoms. The zero-order chi connectivity index (χ0) is 74.7. The van der Waals surface area contributed by atoms with Gasteiger partial charge < -0.3 is 31.1 Å². The van der Waals surface area contributed by atoms with E-state index >= 15 is 0 Å². The van der Waals surface area contributed by atoms with Gasteiger partial charge in [-0.05, 0) is 229 Å². The number of aliphatic imine (C=N–C) groups is 1. The Morgan fingerprint density at radius 3 is 1.20 bits per heavy atom. The van der Waals surface area contributed by atoms with Crippen molar-refractivity contribution < 1.29 is 45.2 Å². The number of carbonyl (C=O) groups is 7. The van der Waals surface area contributed by atoms with Crippen molar-refractivity contribution in [3.63, 3.8) is 0 Å². The molecular formula is C77H74N14O9S3. The van der Waals surface area contributed by atoms with E-state index in [4.69, 9.17) is 65.7 Å². The maximum Gasteiger partial charge on any atom is 0.330 e. The van der Waals surface area contributed by atoms with E-state index in [1.54, 1.807) is 127 Å². The molecule has 103 heavy (non-hydrogen) atoms. The van der Waals surface area contributed by atoms with E-state index in [1.165, 1.54) is 21.8 Å². The summed E-state index contributed by atoms with van der Waals surface area (Å²) < 4.78 is 4.77.